The number of methoxy groups -OCH3 is 1. The highest BCUT2D eigenvalue weighted by atomic mass is 16.5. The van der Waals surface area contributed by atoms with E-state index in [1.54, 1.807) is 7.11 Å². The van der Waals surface area contributed by atoms with Gasteiger partial charge in [-0.1, -0.05) is 0 Å². The summed E-state index contributed by atoms with van der Waals surface area (Å²) in [4.78, 5) is 10.5. The average molecular weight is 279 g/mol. The van der Waals surface area contributed by atoms with E-state index in [4.69, 9.17) is 14.2 Å². The molecule has 0 N–H and O–H groups in total. The Balaban J connectivity index is 1.62. The zero-order chi connectivity index (χ0) is 14.0. The Bertz CT molecular complexity index is 461. The van der Waals surface area contributed by atoms with E-state index in [0.29, 0.717) is 12.0 Å². The van der Waals surface area contributed by atoms with Crippen LogP contribution in [0.1, 0.15) is 19.8 Å². The third kappa shape index (κ3) is 2.58. The van der Waals surface area contributed by atoms with Crippen LogP contribution in [0.3, 0.4) is 0 Å². The van der Waals surface area contributed by atoms with E-state index in [-0.39, 0.29) is 5.60 Å². The molecule has 0 unspecified atom stereocenters. The Kier molecular flexibility index (Phi) is 3.76. The second-order valence-corrected chi connectivity index (χ2v) is 5.38. The van der Waals surface area contributed by atoms with Crippen molar-refractivity contribution in [3.8, 4) is 5.88 Å². The minimum atomic E-state index is -0.0593. The molecule has 0 aromatic carbocycles. The van der Waals surface area contributed by atoms with Gasteiger partial charge in [0.05, 0.1) is 26.3 Å². The van der Waals surface area contributed by atoms with Crippen LogP contribution in [0.2, 0.25) is 0 Å². The summed E-state index contributed by atoms with van der Waals surface area (Å²) in [6.07, 6.45) is 3.83. The van der Waals surface area contributed by atoms with E-state index in [0.717, 1.165) is 45.0 Å². The first-order valence-corrected chi connectivity index (χ1v) is 7.11. The molecule has 1 aromatic rings. The topological polar surface area (TPSA) is 56.7 Å². The summed E-state index contributed by atoms with van der Waals surface area (Å²) in [5, 5.41) is 0. The van der Waals surface area contributed by atoms with Gasteiger partial charge in [-0.05, 0) is 13.3 Å². The predicted molar refractivity (Wildman–Crippen MR) is 74.1 cm³/mol. The molecule has 20 heavy (non-hydrogen) atoms. The van der Waals surface area contributed by atoms with Gasteiger partial charge in [0.2, 0.25) is 5.88 Å². The maximum Gasteiger partial charge on any atom is 0.218 e. The van der Waals surface area contributed by atoms with Crippen molar-refractivity contribution in [1.29, 1.82) is 0 Å². The number of rotatable bonds is 4. The van der Waals surface area contributed by atoms with Crippen LogP contribution in [0.5, 0.6) is 5.88 Å². The van der Waals surface area contributed by atoms with E-state index in [1.807, 2.05) is 13.0 Å². The van der Waals surface area contributed by atoms with Gasteiger partial charge in [-0.15, -0.1) is 0 Å². The van der Waals surface area contributed by atoms with Gasteiger partial charge in [0.1, 0.15) is 17.7 Å². The van der Waals surface area contributed by atoms with E-state index in [2.05, 4.69) is 14.9 Å². The van der Waals surface area contributed by atoms with Crippen LogP contribution >= 0.6 is 0 Å². The number of hydrogen-bond acceptors (Lipinski definition) is 6. The van der Waals surface area contributed by atoms with E-state index < -0.39 is 0 Å². The van der Waals surface area contributed by atoms with Gasteiger partial charge in [-0.2, -0.15) is 0 Å². The first-order chi connectivity index (χ1) is 9.74. The average Bonchev–Trinajstić information content (AvgIpc) is 2.45. The first-order valence-electron chi connectivity index (χ1n) is 7.11. The van der Waals surface area contributed by atoms with Crippen molar-refractivity contribution in [2.24, 2.45) is 0 Å². The SMILES string of the molecule is CCO[C@H]1CCOC2(C1)CN(c1cc(OC)ncn1)C2. The van der Waals surface area contributed by atoms with E-state index in [1.165, 1.54) is 6.33 Å². The van der Waals surface area contributed by atoms with Gasteiger partial charge < -0.3 is 19.1 Å². The Morgan fingerprint density at radius 1 is 1.45 bits per heavy atom. The van der Waals surface area contributed by atoms with Crippen molar-refractivity contribution in [3.63, 3.8) is 0 Å². The maximum absolute atomic E-state index is 5.99. The molecule has 2 fully saturated rings. The Morgan fingerprint density at radius 3 is 3.05 bits per heavy atom. The molecule has 1 atom stereocenters. The molecule has 0 saturated carbocycles. The van der Waals surface area contributed by atoms with Crippen molar-refractivity contribution in [2.75, 3.05) is 38.3 Å². The maximum atomic E-state index is 5.99. The summed E-state index contributed by atoms with van der Waals surface area (Å²) in [6, 6.07) is 1.86. The van der Waals surface area contributed by atoms with Gasteiger partial charge in [0.15, 0.2) is 0 Å². The van der Waals surface area contributed by atoms with Crippen LogP contribution < -0.4 is 9.64 Å². The molecular formula is C14H21N3O3. The number of hydrogen-bond donors (Lipinski definition) is 0. The lowest BCUT2D eigenvalue weighted by Crippen LogP contribution is -2.66. The monoisotopic (exact) mass is 279 g/mol. The van der Waals surface area contributed by atoms with E-state index in [9.17, 15) is 0 Å². The van der Waals surface area contributed by atoms with Gasteiger partial charge in [0.25, 0.3) is 0 Å². The Labute approximate surface area is 119 Å². The highest BCUT2D eigenvalue weighted by Gasteiger charge is 2.48. The highest BCUT2D eigenvalue weighted by molar-refractivity contribution is 5.45. The zero-order valence-electron chi connectivity index (χ0n) is 12.0. The largest absolute Gasteiger partial charge is 0.481 e. The van der Waals surface area contributed by atoms with Crippen LogP contribution in [0.15, 0.2) is 12.4 Å². The van der Waals surface area contributed by atoms with Crippen molar-refractivity contribution in [2.45, 2.75) is 31.5 Å². The minimum Gasteiger partial charge on any atom is -0.481 e. The molecule has 1 aromatic heterocycles. The van der Waals surface area contributed by atoms with Crippen LogP contribution in [0.4, 0.5) is 5.82 Å². The fraction of sp³-hybridized carbons (Fsp3) is 0.714. The summed E-state index contributed by atoms with van der Waals surface area (Å²) < 4.78 is 16.9. The van der Waals surface area contributed by atoms with Crippen molar-refractivity contribution in [3.05, 3.63) is 12.4 Å². The van der Waals surface area contributed by atoms with Gasteiger partial charge in [0, 0.05) is 25.7 Å². The summed E-state index contributed by atoms with van der Waals surface area (Å²) in [5.74, 6) is 1.48. The third-order valence-corrected chi connectivity index (χ3v) is 3.97. The number of anilines is 1. The Morgan fingerprint density at radius 2 is 2.30 bits per heavy atom. The molecule has 0 aliphatic carbocycles. The fourth-order valence-corrected chi connectivity index (χ4v) is 3.01. The molecule has 2 aliphatic heterocycles. The molecule has 3 rings (SSSR count). The lowest BCUT2D eigenvalue weighted by Gasteiger charge is -2.53. The number of aromatic nitrogens is 2. The Hall–Kier alpha value is -1.40. The van der Waals surface area contributed by atoms with Gasteiger partial charge in [-0.3, -0.25) is 0 Å². The lowest BCUT2D eigenvalue weighted by atomic mass is 9.84. The van der Waals surface area contributed by atoms with Crippen molar-refractivity contribution in [1.82, 2.24) is 9.97 Å². The van der Waals surface area contributed by atoms with Crippen LogP contribution in [-0.4, -0.2) is 55.1 Å². The van der Waals surface area contributed by atoms with Gasteiger partial charge in [-0.25, -0.2) is 9.97 Å². The molecule has 0 bridgehead atoms. The number of nitrogens with zero attached hydrogens (tertiary/aromatic N) is 3. The molecule has 3 heterocycles. The summed E-state index contributed by atoms with van der Waals surface area (Å²) >= 11 is 0. The van der Waals surface area contributed by atoms with E-state index >= 15 is 0 Å². The highest BCUT2D eigenvalue weighted by Crippen LogP contribution is 2.37. The van der Waals surface area contributed by atoms with Crippen molar-refractivity contribution >= 4 is 5.82 Å². The molecule has 1 spiro atoms. The summed E-state index contributed by atoms with van der Waals surface area (Å²) in [7, 11) is 1.61. The smallest absolute Gasteiger partial charge is 0.218 e. The lowest BCUT2D eigenvalue weighted by molar-refractivity contribution is -0.144. The molecular weight excluding hydrogens is 258 g/mol. The zero-order valence-corrected chi connectivity index (χ0v) is 12.0. The minimum absolute atomic E-state index is 0.0593. The molecule has 6 heteroatoms. The number of ether oxygens (including phenoxy) is 3. The second kappa shape index (κ2) is 5.54. The van der Waals surface area contributed by atoms with Crippen LogP contribution in [0, 0.1) is 0 Å². The molecule has 2 aliphatic rings. The van der Waals surface area contributed by atoms with Crippen molar-refractivity contribution < 1.29 is 14.2 Å². The third-order valence-electron chi connectivity index (χ3n) is 3.97. The quantitative estimate of drug-likeness (QED) is 0.827. The van der Waals surface area contributed by atoms with Gasteiger partial charge >= 0.3 is 0 Å². The molecule has 0 amide bonds. The standard InChI is InChI=1S/C14H21N3O3/c1-3-19-11-4-5-20-14(7-11)8-17(9-14)12-6-13(18-2)16-10-15-12/h6,10-11H,3-5,7-9H2,1-2H3/t11-/m0/s1. The molecule has 110 valence electrons. The molecule has 0 radical (unpaired) electrons. The van der Waals surface area contributed by atoms with Crippen LogP contribution in [0.25, 0.3) is 0 Å². The summed E-state index contributed by atoms with van der Waals surface area (Å²) in [6.45, 7) is 5.31. The molecule has 2 saturated heterocycles. The first kappa shape index (κ1) is 13.6. The normalized spacial score (nSPS) is 24.5. The van der Waals surface area contributed by atoms with Crippen LogP contribution in [-0.2, 0) is 9.47 Å². The fourth-order valence-electron chi connectivity index (χ4n) is 3.01. The molecule has 6 nitrogen and oxygen atoms in total. The summed E-state index contributed by atoms with van der Waals surface area (Å²) in [5.41, 5.74) is -0.0593. The predicted octanol–water partition coefficient (Wildman–Crippen LogP) is 1.26. The second-order valence-electron chi connectivity index (χ2n) is 5.38.